The molecule has 2 unspecified atom stereocenters. The second kappa shape index (κ2) is 6.26. The fourth-order valence-electron chi connectivity index (χ4n) is 3.98. The minimum Gasteiger partial charge on any atom is -0.481 e. The van der Waals surface area contributed by atoms with Crippen molar-refractivity contribution in [2.24, 2.45) is 5.41 Å². The molecule has 2 fully saturated rings. The average molecular weight is 323 g/mol. The predicted molar refractivity (Wildman–Crippen MR) is 87.2 cm³/mol. The smallest absolute Gasteiger partial charge is 0.312 e. The van der Waals surface area contributed by atoms with Crippen LogP contribution >= 0.6 is 11.3 Å². The van der Waals surface area contributed by atoms with E-state index in [0.29, 0.717) is 6.54 Å². The van der Waals surface area contributed by atoms with Gasteiger partial charge in [0.15, 0.2) is 0 Å². The summed E-state index contributed by atoms with van der Waals surface area (Å²) in [5, 5.41) is 14.4. The molecule has 0 aliphatic carbocycles. The topological polar surface area (TPSA) is 65.5 Å². The van der Waals surface area contributed by atoms with Gasteiger partial charge < -0.3 is 10.4 Å². The fraction of sp³-hybridized carbons (Fsp3) is 0.750. The third-order valence-electron chi connectivity index (χ3n) is 5.11. The van der Waals surface area contributed by atoms with E-state index < -0.39 is 11.4 Å². The lowest BCUT2D eigenvalue weighted by atomic mass is 9.70. The molecule has 122 valence electrons. The molecular formula is C16H25N3O2S. The first-order valence-corrected chi connectivity index (χ1v) is 9.01. The molecule has 3 rings (SSSR count). The van der Waals surface area contributed by atoms with Crippen molar-refractivity contribution >= 4 is 17.3 Å². The fourth-order valence-corrected chi connectivity index (χ4v) is 5.05. The number of hydrogen-bond donors (Lipinski definition) is 2. The number of aryl methyl sites for hydroxylation is 2. The highest BCUT2D eigenvalue weighted by atomic mass is 32.1. The van der Waals surface area contributed by atoms with Gasteiger partial charge in [-0.3, -0.25) is 9.69 Å². The zero-order valence-corrected chi connectivity index (χ0v) is 14.2. The van der Waals surface area contributed by atoms with Crippen LogP contribution in [0, 0.1) is 12.3 Å². The van der Waals surface area contributed by atoms with Gasteiger partial charge in [0.1, 0.15) is 0 Å². The third kappa shape index (κ3) is 2.79. The third-order valence-corrected chi connectivity index (χ3v) is 6.11. The molecule has 6 heteroatoms. The summed E-state index contributed by atoms with van der Waals surface area (Å²) in [7, 11) is 0. The van der Waals surface area contributed by atoms with Gasteiger partial charge in [-0.15, -0.1) is 11.3 Å². The van der Waals surface area contributed by atoms with Crippen LogP contribution in [0.25, 0.3) is 0 Å². The molecule has 5 nitrogen and oxygen atoms in total. The molecule has 3 heterocycles. The first-order valence-electron chi connectivity index (χ1n) is 8.19. The number of carboxylic acids is 1. The van der Waals surface area contributed by atoms with Crippen LogP contribution in [-0.4, -0.2) is 46.6 Å². The van der Waals surface area contributed by atoms with Crippen LogP contribution in [0.1, 0.15) is 41.8 Å². The van der Waals surface area contributed by atoms with E-state index in [9.17, 15) is 9.90 Å². The lowest BCUT2D eigenvalue weighted by molar-refractivity contribution is -0.157. The Morgan fingerprint density at radius 1 is 1.59 bits per heavy atom. The lowest BCUT2D eigenvalue weighted by Crippen LogP contribution is -2.62. The molecule has 1 aromatic heterocycles. The molecule has 0 spiro atoms. The van der Waals surface area contributed by atoms with Crippen molar-refractivity contribution in [1.29, 1.82) is 0 Å². The Morgan fingerprint density at radius 2 is 2.41 bits per heavy atom. The van der Waals surface area contributed by atoms with Gasteiger partial charge in [0.2, 0.25) is 0 Å². The number of aliphatic carboxylic acids is 1. The molecule has 2 N–H and O–H groups in total. The normalized spacial score (nSPS) is 29.3. The number of carboxylic acid groups (broad SMARTS) is 1. The summed E-state index contributed by atoms with van der Waals surface area (Å²) in [6.45, 7) is 7.59. The molecule has 2 atom stereocenters. The molecule has 0 amide bonds. The molecule has 0 aromatic carbocycles. The molecule has 2 saturated heterocycles. The van der Waals surface area contributed by atoms with Crippen LogP contribution in [0.5, 0.6) is 0 Å². The molecule has 2 aliphatic heterocycles. The highest BCUT2D eigenvalue weighted by Gasteiger charge is 2.50. The highest BCUT2D eigenvalue weighted by molar-refractivity contribution is 7.11. The zero-order valence-electron chi connectivity index (χ0n) is 13.4. The number of carbonyl (C=O) groups is 1. The molecule has 0 radical (unpaired) electrons. The molecular weight excluding hydrogens is 298 g/mol. The van der Waals surface area contributed by atoms with Crippen molar-refractivity contribution in [3.63, 3.8) is 0 Å². The Bertz CT molecular complexity index is 560. The largest absolute Gasteiger partial charge is 0.481 e. The van der Waals surface area contributed by atoms with E-state index in [-0.39, 0.29) is 6.04 Å². The lowest BCUT2D eigenvalue weighted by Gasteiger charge is -2.48. The monoisotopic (exact) mass is 323 g/mol. The summed E-state index contributed by atoms with van der Waals surface area (Å²) >= 11 is 1.75. The van der Waals surface area contributed by atoms with Crippen LogP contribution in [0.15, 0.2) is 0 Å². The number of likely N-dealkylation sites (tertiary alicyclic amines) is 1. The van der Waals surface area contributed by atoms with Crippen LogP contribution in [-0.2, 0) is 17.8 Å². The van der Waals surface area contributed by atoms with Crippen molar-refractivity contribution in [3.05, 3.63) is 15.6 Å². The summed E-state index contributed by atoms with van der Waals surface area (Å²) in [6, 6.07) is 0.129. The molecule has 0 saturated carbocycles. The summed E-state index contributed by atoms with van der Waals surface area (Å²) in [6.07, 6.45) is 3.61. The Labute approximate surface area is 135 Å². The number of nitrogens with zero attached hydrogens (tertiary/aromatic N) is 2. The maximum atomic E-state index is 12.0. The Hall–Kier alpha value is -0.980. The number of piperidine rings is 2. The van der Waals surface area contributed by atoms with Crippen LogP contribution < -0.4 is 5.32 Å². The number of nitrogens with one attached hydrogen (secondary N) is 1. The van der Waals surface area contributed by atoms with Crippen LogP contribution in [0.2, 0.25) is 0 Å². The van der Waals surface area contributed by atoms with Gasteiger partial charge in [0, 0.05) is 30.6 Å². The molecule has 1 aromatic rings. The Kier molecular flexibility index (Phi) is 4.52. The Balaban J connectivity index is 1.77. The quantitative estimate of drug-likeness (QED) is 0.888. The second-order valence-corrected chi connectivity index (χ2v) is 7.81. The van der Waals surface area contributed by atoms with Crippen molar-refractivity contribution in [2.45, 2.75) is 52.1 Å². The van der Waals surface area contributed by atoms with Gasteiger partial charge in [0.25, 0.3) is 0 Å². The van der Waals surface area contributed by atoms with Crippen molar-refractivity contribution in [1.82, 2.24) is 15.2 Å². The van der Waals surface area contributed by atoms with E-state index in [1.165, 1.54) is 10.6 Å². The maximum Gasteiger partial charge on any atom is 0.312 e. The van der Waals surface area contributed by atoms with E-state index in [2.05, 4.69) is 22.1 Å². The number of fused-ring (bicyclic) bond motifs is 1. The van der Waals surface area contributed by atoms with Crippen molar-refractivity contribution in [3.8, 4) is 0 Å². The van der Waals surface area contributed by atoms with E-state index >= 15 is 0 Å². The number of rotatable bonds is 4. The van der Waals surface area contributed by atoms with Gasteiger partial charge in [0.05, 0.1) is 16.1 Å². The molecule has 0 bridgehead atoms. The van der Waals surface area contributed by atoms with Gasteiger partial charge in [-0.05, 0) is 39.2 Å². The standard InChI is InChI=1S/C16H25N3O2S/c1-3-12-13(22-11(2)18-12)9-19-8-5-14-16(10-19,15(20)21)6-4-7-17-14/h14,17H,3-10H2,1-2H3,(H,20,21). The number of thiazole rings is 1. The Morgan fingerprint density at radius 3 is 3.14 bits per heavy atom. The predicted octanol–water partition coefficient (Wildman–Crippen LogP) is 2.04. The molecule has 22 heavy (non-hydrogen) atoms. The first kappa shape index (κ1) is 15.9. The van der Waals surface area contributed by atoms with E-state index in [1.807, 2.05) is 6.92 Å². The van der Waals surface area contributed by atoms with Gasteiger partial charge in [-0.25, -0.2) is 4.98 Å². The minimum atomic E-state index is -0.634. The summed E-state index contributed by atoms with van der Waals surface area (Å²) in [5.74, 6) is -0.634. The van der Waals surface area contributed by atoms with Crippen molar-refractivity contribution in [2.75, 3.05) is 19.6 Å². The summed E-state index contributed by atoms with van der Waals surface area (Å²) in [4.78, 5) is 20.2. The van der Waals surface area contributed by atoms with Gasteiger partial charge in [-0.1, -0.05) is 6.92 Å². The zero-order chi connectivity index (χ0) is 15.7. The number of hydrogen-bond acceptors (Lipinski definition) is 5. The van der Waals surface area contributed by atoms with Gasteiger partial charge >= 0.3 is 5.97 Å². The van der Waals surface area contributed by atoms with E-state index in [4.69, 9.17) is 0 Å². The summed E-state index contributed by atoms with van der Waals surface area (Å²) in [5.41, 5.74) is 0.568. The van der Waals surface area contributed by atoms with Crippen LogP contribution in [0.3, 0.4) is 0 Å². The minimum absolute atomic E-state index is 0.129. The average Bonchev–Trinajstić information content (AvgIpc) is 2.86. The van der Waals surface area contributed by atoms with Crippen molar-refractivity contribution < 1.29 is 9.90 Å². The second-order valence-electron chi connectivity index (χ2n) is 6.53. The number of aromatic nitrogens is 1. The SMILES string of the molecule is CCc1nc(C)sc1CN1CCC2NCCCC2(C(=O)O)C1. The first-order chi connectivity index (χ1) is 10.5. The van der Waals surface area contributed by atoms with E-state index in [1.54, 1.807) is 11.3 Å². The maximum absolute atomic E-state index is 12.0. The summed E-state index contributed by atoms with van der Waals surface area (Å²) < 4.78 is 0. The highest BCUT2D eigenvalue weighted by Crippen LogP contribution is 2.38. The van der Waals surface area contributed by atoms with Crippen LogP contribution in [0.4, 0.5) is 0 Å². The van der Waals surface area contributed by atoms with E-state index in [0.717, 1.165) is 50.3 Å². The van der Waals surface area contributed by atoms with Gasteiger partial charge in [-0.2, -0.15) is 0 Å². The molecule has 2 aliphatic rings.